The van der Waals surface area contributed by atoms with Crippen LogP contribution in [0.3, 0.4) is 0 Å². The summed E-state index contributed by atoms with van der Waals surface area (Å²) in [6, 6.07) is 1.73. The fraction of sp³-hybridized carbons (Fsp3) is 1.00. The highest BCUT2D eigenvalue weighted by atomic mass is 15.2. The Morgan fingerprint density at radius 3 is 2.42 bits per heavy atom. The van der Waals surface area contributed by atoms with E-state index in [9.17, 15) is 0 Å². The fourth-order valence-electron chi connectivity index (χ4n) is 3.32. The third-order valence-corrected chi connectivity index (χ3v) is 4.73. The molecule has 0 spiro atoms. The van der Waals surface area contributed by atoms with Crippen molar-refractivity contribution in [2.75, 3.05) is 19.6 Å². The van der Waals surface area contributed by atoms with E-state index >= 15 is 0 Å². The van der Waals surface area contributed by atoms with Gasteiger partial charge in [0.1, 0.15) is 0 Å². The van der Waals surface area contributed by atoms with Crippen LogP contribution in [0.15, 0.2) is 0 Å². The average molecular weight is 266 g/mol. The largest absolute Gasteiger partial charge is 0.313 e. The van der Waals surface area contributed by atoms with Gasteiger partial charge in [-0.15, -0.1) is 0 Å². The Morgan fingerprint density at radius 2 is 1.74 bits per heavy atom. The minimum Gasteiger partial charge on any atom is -0.313 e. The van der Waals surface area contributed by atoms with Gasteiger partial charge in [-0.2, -0.15) is 0 Å². The molecule has 1 aliphatic heterocycles. The van der Waals surface area contributed by atoms with Gasteiger partial charge in [-0.3, -0.25) is 4.90 Å². The van der Waals surface area contributed by atoms with E-state index in [2.05, 4.69) is 17.1 Å². The van der Waals surface area contributed by atoms with E-state index in [1.54, 1.807) is 0 Å². The van der Waals surface area contributed by atoms with Gasteiger partial charge < -0.3 is 5.32 Å². The number of piperidine rings is 1. The highest BCUT2D eigenvalue weighted by molar-refractivity contribution is 4.87. The first-order valence-corrected chi connectivity index (χ1v) is 8.87. The maximum Gasteiger partial charge on any atom is 0.0195 e. The molecule has 1 saturated carbocycles. The Labute approximate surface area is 120 Å². The molecule has 1 N–H and O–H groups in total. The second-order valence-electron chi connectivity index (χ2n) is 6.64. The summed E-state index contributed by atoms with van der Waals surface area (Å²) in [6.07, 6.45) is 15.7. The summed E-state index contributed by atoms with van der Waals surface area (Å²) in [5.41, 5.74) is 0. The predicted octanol–water partition coefficient (Wildman–Crippen LogP) is 3.95. The summed E-state index contributed by atoms with van der Waals surface area (Å²) < 4.78 is 0. The number of nitrogens with one attached hydrogen (secondary N) is 1. The smallest absolute Gasteiger partial charge is 0.0195 e. The molecule has 2 nitrogen and oxygen atoms in total. The van der Waals surface area contributed by atoms with Crippen molar-refractivity contribution in [2.24, 2.45) is 0 Å². The van der Waals surface area contributed by atoms with Gasteiger partial charge in [0.05, 0.1) is 0 Å². The Hall–Kier alpha value is -0.0800. The SMILES string of the molecule is CCCCCCCCN(CC1CCCCN1)C1CC1. The van der Waals surface area contributed by atoms with E-state index in [1.165, 1.54) is 90.3 Å². The van der Waals surface area contributed by atoms with Gasteiger partial charge in [-0.25, -0.2) is 0 Å². The highest BCUT2D eigenvalue weighted by Gasteiger charge is 2.30. The van der Waals surface area contributed by atoms with Gasteiger partial charge in [-0.1, -0.05) is 45.4 Å². The maximum absolute atomic E-state index is 3.71. The second kappa shape index (κ2) is 8.97. The summed E-state index contributed by atoms with van der Waals surface area (Å²) in [7, 11) is 0. The Kier molecular flexibility index (Phi) is 7.23. The molecule has 1 heterocycles. The molecule has 2 aliphatic rings. The molecule has 0 aromatic carbocycles. The number of unbranched alkanes of at least 4 members (excludes halogenated alkanes) is 5. The summed E-state index contributed by atoms with van der Waals surface area (Å²) in [5.74, 6) is 0. The van der Waals surface area contributed by atoms with Crippen molar-refractivity contribution in [1.29, 1.82) is 0 Å². The molecular weight excluding hydrogens is 232 g/mol. The molecule has 0 aromatic heterocycles. The van der Waals surface area contributed by atoms with Gasteiger partial charge in [0.25, 0.3) is 0 Å². The lowest BCUT2D eigenvalue weighted by Crippen LogP contribution is -2.44. The van der Waals surface area contributed by atoms with Crippen LogP contribution in [0.1, 0.15) is 77.6 Å². The fourth-order valence-corrected chi connectivity index (χ4v) is 3.32. The van der Waals surface area contributed by atoms with Gasteiger partial charge in [0.15, 0.2) is 0 Å². The average Bonchev–Trinajstić information content (AvgIpc) is 3.27. The molecule has 0 radical (unpaired) electrons. The van der Waals surface area contributed by atoms with Crippen LogP contribution in [-0.2, 0) is 0 Å². The van der Waals surface area contributed by atoms with E-state index in [1.807, 2.05) is 0 Å². The van der Waals surface area contributed by atoms with Crippen LogP contribution in [0.2, 0.25) is 0 Å². The second-order valence-corrected chi connectivity index (χ2v) is 6.64. The van der Waals surface area contributed by atoms with Gasteiger partial charge in [0, 0.05) is 18.6 Å². The lowest BCUT2D eigenvalue weighted by atomic mass is 10.0. The zero-order valence-corrected chi connectivity index (χ0v) is 13.0. The number of hydrogen-bond acceptors (Lipinski definition) is 2. The molecule has 0 aromatic rings. The van der Waals surface area contributed by atoms with Crippen LogP contribution in [-0.4, -0.2) is 36.6 Å². The number of rotatable bonds is 10. The minimum absolute atomic E-state index is 0.787. The van der Waals surface area contributed by atoms with E-state index in [4.69, 9.17) is 0 Å². The first kappa shape index (κ1) is 15.3. The normalized spacial score (nSPS) is 24.0. The van der Waals surface area contributed by atoms with Gasteiger partial charge >= 0.3 is 0 Å². The summed E-state index contributed by atoms with van der Waals surface area (Å²) in [5, 5.41) is 3.71. The number of hydrogen-bond donors (Lipinski definition) is 1. The molecular formula is C17H34N2. The third kappa shape index (κ3) is 6.27. The van der Waals surface area contributed by atoms with Crippen LogP contribution in [0.4, 0.5) is 0 Å². The monoisotopic (exact) mass is 266 g/mol. The number of nitrogens with zero attached hydrogens (tertiary/aromatic N) is 1. The Bertz CT molecular complexity index is 219. The van der Waals surface area contributed by atoms with Crippen molar-refractivity contribution < 1.29 is 0 Å². The van der Waals surface area contributed by atoms with E-state index < -0.39 is 0 Å². The molecule has 2 rings (SSSR count). The zero-order chi connectivity index (χ0) is 13.3. The van der Waals surface area contributed by atoms with Gasteiger partial charge in [0.2, 0.25) is 0 Å². The molecule has 1 aliphatic carbocycles. The van der Waals surface area contributed by atoms with E-state index in [0.717, 1.165) is 12.1 Å². The molecule has 0 bridgehead atoms. The summed E-state index contributed by atoms with van der Waals surface area (Å²) in [4.78, 5) is 2.79. The van der Waals surface area contributed by atoms with Crippen molar-refractivity contribution >= 4 is 0 Å². The third-order valence-electron chi connectivity index (χ3n) is 4.73. The Morgan fingerprint density at radius 1 is 0.947 bits per heavy atom. The molecule has 112 valence electrons. The highest BCUT2D eigenvalue weighted by Crippen LogP contribution is 2.28. The quantitative estimate of drug-likeness (QED) is 0.602. The molecule has 2 fully saturated rings. The predicted molar refractivity (Wildman–Crippen MR) is 83.6 cm³/mol. The van der Waals surface area contributed by atoms with E-state index in [-0.39, 0.29) is 0 Å². The Balaban J connectivity index is 1.57. The lowest BCUT2D eigenvalue weighted by Gasteiger charge is -2.30. The topological polar surface area (TPSA) is 15.3 Å². The zero-order valence-electron chi connectivity index (χ0n) is 13.0. The van der Waals surface area contributed by atoms with Crippen LogP contribution >= 0.6 is 0 Å². The van der Waals surface area contributed by atoms with Crippen LogP contribution in [0, 0.1) is 0 Å². The minimum atomic E-state index is 0.787. The first-order valence-electron chi connectivity index (χ1n) is 8.87. The summed E-state index contributed by atoms with van der Waals surface area (Å²) >= 11 is 0. The van der Waals surface area contributed by atoms with Gasteiger partial charge in [-0.05, 0) is 45.2 Å². The van der Waals surface area contributed by atoms with Crippen LogP contribution in [0.25, 0.3) is 0 Å². The molecule has 1 atom stereocenters. The van der Waals surface area contributed by atoms with Crippen LogP contribution in [0.5, 0.6) is 0 Å². The van der Waals surface area contributed by atoms with Crippen molar-refractivity contribution in [1.82, 2.24) is 10.2 Å². The molecule has 19 heavy (non-hydrogen) atoms. The molecule has 1 saturated heterocycles. The molecule has 2 heteroatoms. The van der Waals surface area contributed by atoms with Crippen molar-refractivity contribution in [2.45, 2.75) is 89.6 Å². The van der Waals surface area contributed by atoms with Crippen molar-refractivity contribution in [3.63, 3.8) is 0 Å². The van der Waals surface area contributed by atoms with E-state index in [0.29, 0.717) is 0 Å². The van der Waals surface area contributed by atoms with Crippen molar-refractivity contribution in [3.8, 4) is 0 Å². The molecule has 0 amide bonds. The summed E-state index contributed by atoms with van der Waals surface area (Å²) in [6.45, 7) is 6.22. The molecule has 1 unspecified atom stereocenters. The lowest BCUT2D eigenvalue weighted by molar-refractivity contribution is 0.211. The van der Waals surface area contributed by atoms with Crippen LogP contribution < -0.4 is 5.32 Å². The first-order chi connectivity index (χ1) is 9.40. The van der Waals surface area contributed by atoms with Crippen molar-refractivity contribution in [3.05, 3.63) is 0 Å². The standard InChI is InChI=1S/C17H34N2/c1-2-3-4-5-6-9-14-19(17-11-12-17)15-16-10-7-8-13-18-16/h16-18H,2-15H2,1H3. The maximum atomic E-state index is 3.71.